The van der Waals surface area contributed by atoms with Gasteiger partial charge in [-0.1, -0.05) is 163 Å². The van der Waals surface area contributed by atoms with Gasteiger partial charge in [0.15, 0.2) is 0 Å². The Hall–Kier alpha value is -6.38. The SMILES string of the molecule is Cc1ccc(N(C=C(c2ccccc2)c2ccccc2)c2ccc(-c3ccc(NC=C(c4ccccc4)c4ccccc4)cc3)cc2)c(C)c1. The van der Waals surface area contributed by atoms with Crippen molar-refractivity contribution < 1.29 is 0 Å². The number of benzene rings is 7. The fourth-order valence-corrected chi connectivity index (χ4v) is 6.34. The second kappa shape index (κ2) is 15.2. The van der Waals surface area contributed by atoms with Gasteiger partial charge in [0.2, 0.25) is 0 Å². The van der Waals surface area contributed by atoms with Crippen LogP contribution in [0.15, 0.2) is 200 Å². The van der Waals surface area contributed by atoms with Crippen LogP contribution in [0.2, 0.25) is 0 Å². The van der Waals surface area contributed by atoms with Crippen LogP contribution in [-0.4, -0.2) is 0 Å². The van der Waals surface area contributed by atoms with Crippen LogP contribution in [0.5, 0.6) is 0 Å². The minimum Gasteiger partial charge on any atom is -0.361 e. The highest BCUT2D eigenvalue weighted by atomic mass is 15.1. The summed E-state index contributed by atoms with van der Waals surface area (Å²) in [5, 5.41) is 3.54. The average molecular weight is 645 g/mol. The molecule has 0 fully saturated rings. The predicted octanol–water partition coefficient (Wildman–Crippen LogP) is 12.7. The number of anilines is 3. The summed E-state index contributed by atoms with van der Waals surface area (Å²) in [6.07, 6.45) is 4.38. The highest BCUT2D eigenvalue weighted by Gasteiger charge is 2.14. The first kappa shape index (κ1) is 32.2. The van der Waals surface area contributed by atoms with Gasteiger partial charge in [-0.2, -0.15) is 0 Å². The third-order valence-corrected chi connectivity index (χ3v) is 8.96. The third-order valence-electron chi connectivity index (χ3n) is 8.96. The molecule has 0 radical (unpaired) electrons. The minimum absolute atomic E-state index is 1.04. The fourth-order valence-electron chi connectivity index (χ4n) is 6.34. The molecule has 0 spiro atoms. The summed E-state index contributed by atoms with van der Waals surface area (Å²) >= 11 is 0. The van der Waals surface area contributed by atoms with E-state index in [0.29, 0.717) is 0 Å². The Morgan fingerprint density at radius 1 is 0.460 bits per heavy atom. The zero-order valence-electron chi connectivity index (χ0n) is 28.5. The van der Waals surface area contributed by atoms with Crippen molar-refractivity contribution >= 4 is 28.2 Å². The fraction of sp³-hybridized carbons (Fsp3) is 0.0417. The van der Waals surface area contributed by atoms with Crippen molar-refractivity contribution in [2.45, 2.75) is 13.8 Å². The Morgan fingerprint density at radius 2 is 0.900 bits per heavy atom. The molecule has 0 bridgehead atoms. The monoisotopic (exact) mass is 644 g/mol. The minimum atomic E-state index is 1.04. The first-order chi connectivity index (χ1) is 24.6. The summed E-state index contributed by atoms with van der Waals surface area (Å²) in [4.78, 5) is 2.32. The highest BCUT2D eigenvalue weighted by molar-refractivity contribution is 5.85. The molecule has 0 saturated heterocycles. The first-order valence-corrected chi connectivity index (χ1v) is 17.1. The topological polar surface area (TPSA) is 15.3 Å². The smallest absolute Gasteiger partial charge is 0.0485 e. The van der Waals surface area contributed by atoms with Crippen molar-refractivity contribution in [1.82, 2.24) is 0 Å². The molecule has 7 aromatic carbocycles. The maximum absolute atomic E-state index is 3.54. The summed E-state index contributed by atoms with van der Waals surface area (Å²) in [6.45, 7) is 4.34. The van der Waals surface area contributed by atoms with E-state index in [0.717, 1.165) is 28.2 Å². The van der Waals surface area contributed by atoms with E-state index in [4.69, 9.17) is 0 Å². The second-order valence-electron chi connectivity index (χ2n) is 12.5. The molecule has 0 aliphatic carbocycles. The molecule has 0 heterocycles. The number of hydrogen-bond donors (Lipinski definition) is 1. The van der Waals surface area contributed by atoms with E-state index < -0.39 is 0 Å². The zero-order chi connectivity index (χ0) is 34.1. The Balaban J connectivity index is 1.19. The van der Waals surface area contributed by atoms with Crippen molar-refractivity contribution in [1.29, 1.82) is 0 Å². The summed E-state index contributed by atoms with van der Waals surface area (Å²) in [6, 6.07) is 66.5. The van der Waals surface area contributed by atoms with Gasteiger partial charge in [0.1, 0.15) is 0 Å². The molecule has 2 heteroatoms. The molecular formula is C48H40N2. The molecule has 7 rings (SSSR count). The maximum atomic E-state index is 3.54. The van der Waals surface area contributed by atoms with Crippen LogP contribution in [-0.2, 0) is 0 Å². The van der Waals surface area contributed by atoms with Crippen molar-refractivity contribution in [3.63, 3.8) is 0 Å². The van der Waals surface area contributed by atoms with Gasteiger partial charge >= 0.3 is 0 Å². The van der Waals surface area contributed by atoms with Crippen molar-refractivity contribution in [2.75, 3.05) is 10.2 Å². The number of rotatable bonds is 10. The highest BCUT2D eigenvalue weighted by Crippen LogP contribution is 2.35. The van der Waals surface area contributed by atoms with Crippen LogP contribution in [0.3, 0.4) is 0 Å². The number of nitrogens with zero attached hydrogens (tertiary/aromatic N) is 1. The number of aryl methyl sites for hydroxylation is 2. The molecule has 0 unspecified atom stereocenters. The standard InChI is InChI=1S/C48H40N2/c1-36-23-32-48(37(2)33-36)50(35-47(42-19-11-5-12-20-42)43-21-13-6-14-22-43)45-30-26-39(27-31-45)38-24-28-44(29-25-38)49-34-46(40-15-7-3-8-16-40)41-17-9-4-10-18-41/h3-35,49H,1-2H3. The van der Waals surface area contributed by atoms with E-state index in [9.17, 15) is 0 Å². The summed E-state index contributed by atoms with van der Waals surface area (Å²) in [5.41, 5.74) is 15.1. The van der Waals surface area contributed by atoms with E-state index in [1.54, 1.807) is 0 Å². The van der Waals surface area contributed by atoms with Crippen molar-refractivity contribution in [3.05, 3.63) is 234 Å². The van der Waals surface area contributed by atoms with Crippen LogP contribution in [0, 0.1) is 13.8 Å². The molecule has 2 nitrogen and oxygen atoms in total. The Kier molecular flexibility index (Phi) is 9.80. The third kappa shape index (κ3) is 7.51. The molecule has 242 valence electrons. The van der Waals surface area contributed by atoms with Crippen molar-refractivity contribution in [2.24, 2.45) is 0 Å². The lowest BCUT2D eigenvalue weighted by Crippen LogP contribution is -2.12. The normalized spacial score (nSPS) is 10.6. The Morgan fingerprint density at radius 3 is 1.36 bits per heavy atom. The van der Waals surface area contributed by atoms with Gasteiger partial charge in [0, 0.05) is 40.6 Å². The van der Waals surface area contributed by atoms with Crippen LogP contribution >= 0.6 is 0 Å². The molecule has 0 saturated carbocycles. The lowest BCUT2D eigenvalue weighted by atomic mass is 9.98. The molecule has 0 atom stereocenters. The first-order valence-electron chi connectivity index (χ1n) is 17.1. The molecule has 50 heavy (non-hydrogen) atoms. The van der Waals surface area contributed by atoms with E-state index in [-0.39, 0.29) is 0 Å². The summed E-state index contributed by atoms with van der Waals surface area (Å²) in [7, 11) is 0. The Bertz CT molecular complexity index is 2120. The molecule has 0 aliphatic rings. The zero-order valence-corrected chi connectivity index (χ0v) is 28.5. The van der Waals surface area contributed by atoms with Gasteiger partial charge in [-0.05, 0) is 83.1 Å². The van der Waals surface area contributed by atoms with Gasteiger partial charge in [0.05, 0.1) is 0 Å². The number of nitrogens with one attached hydrogen (secondary N) is 1. The van der Waals surface area contributed by atoms with E-state index >= 15 is 0 Å². The quantitative estimate of drug-likeness (QED) is 0.159. The number of hydrogen-bond acceptors (Lipinski definition) is 2. The van der Waals surface area contributed by atoms with E-state index in [1.165, 1.54) is 44.5 Å². The molecule has 0 aromatic heterocycles. The van der Waals surface area contributed by atoms with E-state index in [1.807, 2.05) is 0 Å². The van der Waals surface area contributed by atoms with Gasteiger partial charge < -0.3 is 10.2 Å². The summed E-state index contributed by atoms with van der Waals surface area (Å²) < 4.78 is 0. The summed E-state index contributed by atoms with van der Waals surface area (Å²) in [5.74, 6) is 0. The Labute approximate surface area is 296 Å². The lowest BCUT2D eigenvalue weighted by molar-refractivity contribution is 1.23. The largest absolute Gasteiger partial charge is 0.361 e. The molecule has 0 aliphatic heterocycles. The van der Waals surface area contributed by atoms with Gasteiger partial charge in [0.25, 0.3) is 0 Å². The molecule has 1 N–H and O–H groups in total. The maximum Gasteiger partial charge on any atom is 0.0485 e. The molecular weight excluding hydrogens is 605 g/mol. The van der Waals surface area contributed by atoms with Crippen molar-refractivity contribution in [3.8, 4) is 11.1 Å². The van der Waals surface area contributed by atoms with Crippen LogP contribution in [0.25, 0.3) is 22.3 Å². The molecule has 7 aromatic rings. The van der Waals surface area contributed by atoms with Crippen LogP contribution in [0.4, 0.5) is 17.1 Å². The lowest BCUT2D eigenvalue weighted by Gasteiger charge is -2.25. The predicted molar refractivity (Wildman–Crippen MR) is 213 cm³/mol. The second-order valence-corrected chi connectivity index (χ2v) is 12.5. The molecule has 0 amide bonds. The van der Waals surface area contributed by atoms with Gasteiger partial charge in [-0.15, -0.1) is 0 Å². The van der Waals surface area contributed by atoms with Crippen LogP contribution < -0.4 is 10.2 Å². The van der Waals surface area contributed by atoms with Gasteiger partial charge in [-0.25, -0.2) is 0 Å². The van der Waals surface area contributed by atoms with Gasteiger partial charge in [-0.3, -0.25) is 0 Å². The average Bonchev–Trinajstić information content (AvgIpc) is 3.18. The van der Waals surface area contributed by atoms with E-state index in [2.05, 4.69) is 225 Å². The van der Waals surface area contributed by atoms with Crippen LogP contribution in [0.1, 0.15) is 33.4 Å².